The van der Waals surface area contributed by atoms with E-state index in [2.05, 4.69) is 0 Å². The number of hydrogen-bond donors (Lipinski definition) is 1. The zero-order valence-electron chi connectivity index (χ0n) is 11.9. The van der Waals surface area contributed by atoms with Gasteiger partial charge in [0.1, 0.15) is 0 Å². The summed E-state index contributed by atoms with van der Waals surface area (Å²) in [6, 6.07) is -0.0468. The maximum absolute atomic E-state index is 12.2. The van der Waals surface area contributed by atoms with Crippen molar-refractivity contribution in [3.05, 3.63) is 0 Å². The average molecular weight is 299 g/mol. The fraction of sp³-hybridized carbons (Fsp3) is 0.786. The molecular formula is C14H21NO4S. The molecule has 0 radical (unpaired) electrons. The molecule has 2 amide bonds. The molecular weight excluding hydrogens is 278 g/mol. The van der Waals surface area contributed by atoms with E-state index in [1.54, 1.807) is 0 Å². The van der Waals surface area contributed by atoms with Gasteiger partial charge in [-0.3, -0.25) is 19.3 Å². The largest absolute Gasteiger partial charge is 0.481 e. The van der Waals surface area contributed by atoms with Crippen molar-refractivity contribution in [2.24, 2.45) is 5.41 Å². The lowest BCUT2D eigenvalue weighted by Crippen LogP contribution is -2.38. The Morgan fingerprint density at radius 1 is 1.50 bits per heavy atom. The predicted octanol–water partition coefficient (Wildman–Crippen LogP) is 1.90. The van der Waals surface area contributed by atoms with Gasteiger partial charge in [0.05, 0.1) is 11.7 Å². The molecule has 1 saturated carbocycles. The summed E-state index contributed by atoms with van der Waals surface area (Å²) in [7, 11) is 0. The molecule has 2 fully saturated rings. The second-order valence-electron chi connectivity index (χ2n) is 5.93. The average Bonchev–Trinajstić information content (AvgIpc) is 3.06. The summed E-state index contributed by atoms with van der Waals surface area (Å²) in [6.45, 7) is 3.84. The number of likely N-dealkylation sites (tertiary alicyclic amines) is 1. The first-order valence-corrected chi connectivity index (χ1v) is 8.13. The highest BCUT2D eigenvalue weighted by Gasteiger charge is 2.47. The third-order valence-electron chi connectivity index (χ3n) is 4.25. The minimum atomic E-state index is -0.779. The zero-order chi connectivity index (χ0) is 14.9. The van der Waals surface area contributed by atoms with Crippen LogP contribution in [0, 0.1) is 5.41 Å². The molecule has 0 aromatic rings. The first-order valence-electron chi connectivity index (χ1n) is 7.08. The maximum Gasteiger partial charge on any atom is 0.303 e. The molecule has 1 N–H and O–H groups in total. The number of thioether (sulfide) groups is 1. The molecule has 2 atom stereocenters. The van der Waals surface area contributed by atoms with E-state index in [4.69, 9.17) is 5.11 Å². The van der Waals surface area contributed by atoms with Gasteiger partial charge in [-0.2, -0.15) is 0 Å². The Morgan fingerprint density at radius 3 is 2.65 bits per heavy atom. The fourth-order valence-electron chi connectivity index (χ4n) is 2.55. The number of hydrogen-bond acceptors (Lipinski definition) is 4. The van der Waals surface area contributed by atoms with E-state index in [9.17, 15) is 14.4 Å². The number of aliphatic carboxylic acids is 1. The van der Waals surface area contributed by atoms with Crippen LogP contribution in [0.5, 0.6) is 0 Å². The van der Waals surface area contributed by atoms with E-state index in [1.165, 1.54) is 16.7 Å². The molecule has 20 heavy (non-hydrogen) atoms. The van der Waals surface area contributed by atoms with Crippen LogP contribution in [0.15, 0.2) is 0 Å². The lowest BCUT2D eigenvalue weighted by Gasteiger charge is -2.21. The van der Waals surface area contributed by atoms with Crippen molar-refractivity contribution in [2.75, 3.05) is 5.75 Å². The Bertz CT molecular complexity index is 433. The topological polar surface area (TPSA) is 74.7 Å². The Hall–Kier alpha value is -1.04. The highest BCUT2D eigenvalue weighted by Crippen LogP contribution is 2.52. The lowest BCUT2D eigenvalue weighted by molar-refractivity contribution is -0.141. The van der Waals surface area contributed by atoms with Gasteiger partial charge in [-0.1, -0.05) is 6.92 Å². The van der Waals surface area contributed by atoms with Crippen molar-refractivity contribution in [3.63, 3.8) is 0 Å². The predicted molar refractivity (Wildman–Crippen MR) is 76.4 cm³/mol. The minimum absolute atomic E-state index is 0.0468. The van der Waals surface area contributed by atoms with Crippen molar-refractivity contribution in [1.29, 1.82) is 0 Å². The van der Waals surface area contributed by atoms with Crippen LogP contribution in [-0.2, 0) is 14.4 Å². The van der Waals surface area contributed by atoms with Gasteiger partial charge in [0.2, 0.25) is 11.8 Å². The Kier molecular flexibility index (Phi) is 4.42. The molecule has 1 aliphatic carbocycles. The van der Waals surface area contributed by atoms with Gasteiger partial charge in [-0.05, 0) is 31.6 Å². The fourth-order valence-corrected chi connectivity index (χ4v) is 4.01. The molecule has 6 heteroatoms. The van der Waals surface area contributed by atoms with Gasteiger partial charge in [0.15, 0.2) is 0 Å². The monoisotopic (exact) mass is 299 g/mol. The number of carbonyl (C=O) groups is 3. The van der Waals surface area contributed by atoms with Gasteiger partial charge >= 0.3 is 5.97 Å². The van der Waals surface area contributed by atoms with E-state index in [0.717, 1.165) is 19.3 Å². The summed E-state index contributed by atoms with van der Waals surface area (Å²) < 4.78 is 0. The van der Waals surface area contributed by atoms with E-state index < -0.39 is 5.97 Å². The van der Waals surface area contributed by atoms with Crippen LogP contribution in [-0.4, -0.2) is 44.8 Å². The number of imide groups is 1. The molecule has 0 aromatic carbocycles. The molecule has 0 spiro atoms. The molecule has 2 unspecified atom stereocenters. The number of nitrogens with zero attached hydrogens (tertiary/aromatic N) is 1. The van der Waals surface area contributed by atoms with Crippen LogP contribution in [0.25, 0.3) is 0 Å². The Morgan fingerprint density at radius 2 is 2.15 bits per heavy atom. The smallest absolute Gasteiger partial charge is 0.303 e. The summed E-state index contributed by atoms with van der Waals surface area (Å²) in [5.74, 6) is -0.305. The third-order valence-corrected chi connectivity index (χ3v) is 5.80. The highest BCUT2D eigenvalue weighted by molar-refractivity contribution is 8.00. The first kappa shape index (κ1) is 15.4. The van der Waals surface area contributed by atoms with E-state index >= 15 is 0 Å². The number of amides is 2. The van der Waals surface area contributed by atoms with Gasteiger partial charge in [-0.25, -0.2) is 0 Å². The molecule has 1 heterocycles. The normalized spacial score (nSPS) is 25.9. The second kappa shape index (κ2) is 5.76. The first-order chi connectivity index (χ1) is 9.38. The summed E-state index contributed by atoms with van der Waals surface area (Å²) in [4.78, 5) is 36.3. The Labute approximate surface area is 123 Å². The second-order valence-corrected chi connectivity index (χ2v) is 7.12. The van der Waals surface area contributed by atoms with Gasteiger partial charge in [-0.15, -0.1) is 11.8 Å². The molecule has 0 bridgehead atoms. The molecule has 1 saturated heterocycles. The summed E-state index contributed by atoms with van der Waals surface area (Å²) >= 11 is 1.46. The SMILES string of the molecule is CCC(C)N1C(=O)CC(SCC2(CC(=O)O)CC2)C1=O. The van der Waals surface area contributed by atoms with Gasteiger partial charge in [0.25, 0.3) is 0 Å². The molecule has 2 rings (SSSR count). The van der Waals surface area contributed by atoms with Crippen molar-refractivity contribution in [2.45, 2.75) is 57.2 Å². The lowest BCUT2D eigenvalue weighted by atomic mass is 10.1. The minimum Gasteiger partial charge on any atom is -0.481 e. The highest BCUT2D eigenvalue weighted by atomic mass is 32.2. The van der Waals surface area contributed by atoms with Crippen LogP contribution in [0.1, 0.15) is 46.0 Å². The van der Waals surface area contributed by atoms with Crippen LogP contribution < -0.4 is 0 Å². The van der Waals surface area contributed by atoms with E-state index in [0.29, 0.717) is 5.75 Å². The van der Waals surface area contributed by atoms with Crippen LogP contribution in [0.4, 0.5) is 0 Å². The summed E-state index contributed by atoms with van der Waals surface area (Å²) in [5, 5.41) is 8.57. The van der Waals surface area contributed by atoms with Crippen molar-refractivity contribution < 1.29 is 19.5 Å². The standard InChI is InChI=1S/C14H21NO4S/c1-3-9(2)15-11(16)6-10(13(15)19)20-8-14(4-5-14)7-12(17)18/h9-10H,3-8H2,1-2H3,(H,17,18). The van der Waals surface area contributed by atoms with Crippen molar-refractivity contribution in [1.82, 2.24) is 4.90 Å². The summed E-state index contributed by atoms with van der Waals surface area (Å²) in [5.41, 5.74) is -0.135. The third kappa shape index (κ3) is 3.16. The quantitative estimate of drug-likeness (QED) is 0.727. The van der Waals surface area contributed by atoms with Gasteiger partial charge in [0, 0.05) is 18.2 Å². The maximum atomic E-state index is 12.2. The molecule has 5 nitrogen and oxygen atoms in total. The number of rotatable bonds is 7. The van der Waals surface area contributed by atoms with Crippen LogP contribution in [0.2, 0.25) is 0 Å². The summed E-state index contributed by atoms with van der Waals surface area (Å²) in [6.07, 6.45) is 3.02. The number of carbonyl (C=O) groups excluding carboxylic acids is 2. The van der Waals surface area contributed by atoms with Crippen molar-refractivity contribution >= 4 is 29.5 Å². The van der Waals surface area contributed by atoms with E-state index in [-0.39, 0.29) is 41.4 Å². The number of carboxylic acids is 1. The zero-order valence-corrected chi connectivity index (χ0v) is 12.7. The number of carboxylic acid groups (broad SMARTS) is 1. The van der Waals surface area contributed by atoms with E-state index in [1.807, 2.05) is 13.8 Å². The molecule has 1 aliphatic heterocycles. The molecule has 2 aliphatic rings. The van der Waals surface area contributed by atoms with Gasteiger partial charge < -0.3 is 5.11 Å². The molecule has 0 aromatic heterocycles. The van der Waals surface area contributed by atoms with Crippen LogP contribution >= 0.6 is 11.8 Å². The molecule has 112 valence electrons. The van der Waals surface area contributed by atoms with Crippen LogP contribution in [0.3, 0.4) is 0 Å². The van der Waals surface area contributed by atoms with Crippen molar-refractivity contribution in [3.8, 4) is 0 Å². The Balaban J connectivity index is 1.90.